The quantitative estimate of drug-likeness (QED) is 0.878. The largest absolute Gasteiger partial charge is 0.497 e. The Morgan fingerprint density at radius 1 is 1.16 bits per heavy atom. The summed E-state index contributed by atoms with van der Waals surface area (Å²) in [6.45, 7) is 0.900. The third kappa shape index (κ3) is 4.29. The van der Waals surface area contributed by atoms with Crippen molar-refractivity contribution in [3.8, 4) is 5.75 Å². The predicted octanol–water partition coefficient (Wildman–Crippen LogP) is 2.30. The molecule has 3 rings (SSSR count). The molecule has 3 amide bonds. The monoisotopic (exact) mass is 339 g/mol. The van der Waals surface area contributed by atoms with Crippen LogP contribution < -0.4 is 20.3 Å². The number of nitrogens with zero attached hydrogens (tertiary/aromatic N) is 1. The number of para-hydroxylation sites is 1. The summed E-state index contributed by atoms with van der Waals surface area (Å²) in [6, 6.07) is 16.5. The minimum absolute atomic E-state index is 0.0201. The van der Waals surface area contributed by atoms with Crippen LogP contribution in [0.1, 0.15) is 12.0 Å². The molecule has 0 unspecified atom stereocenters. The van der Waals surface area contributed by atoms with Gasteiger partial charge in [-0.2, -0.15) is 0 Å². The highest BCUT2D eigenvalue weighted by Gasteiger charge is 2.31. The molecular formula is C19H21N3O3. The number of carbonyl (C=O) groups excluding carboxylic acids is 2. The van der Waals surface area contributed by atoms with Gasteiger partial charge in [0.25, 0.3) is 0 Å². The van der Waals surface area contributed by atoms with E-state index < -0.39 is 0 Å². The normalized spacial score (nSPS) is 16.6. The first-order valence-electron chi connectivity index (χ1n) is 8.18. The lowest BCUT2D eigenvalue weighted by molar-refractivity contribution is -0.117. The van der Waals surface area contributed by atoms with Crippen LogP contribution in [0.3, 0.4) is 0 Å². The van der Waals surface area contributed by atoms with E-state index in [9.17, 15) is 9.59 Å². The molecule has 1 aliphatic heterocycles. The lowest BCUT2D eigenvalue weighted by Gasteiger charge is -2.17. The molecule has 0 saturated carbocycles. The second-order valence-electron chi connectivity index (χ2n) is 5.92. The van der Waals surface area contributed by atoms with E-state index in [1.165, 1.54) is 0 Å². The molecular weight excluding hydrogens is 318 g/mol. The highest BCUT2D eigenvalue weighted by atomic mass is 16.5. The van der Waals surface area contributed by atoms with Gasteiger partial charge >= 0.3 is 6.03 Å². The van der Waals surface area contributed by atoms with Gasteiger partial charge in [-0.1, -0.05) is 30.3 Å². The van der Waals surface area contributed by atoms with Crippen molar-refractivity contribution in [3.63, 3.8) is 0 Å². The van der Waals surface area contributed by atoms with Crippen LogP contribution in [0.25, 0.3) is 0 Å². The molecule has 6 heteroatoms. The number of hydrogen-bond acceptors (Lipinski definition) is 3. The van der Waals surface area contributed by atoms with Gasteiger partial charge in [0.15, 0.2) is 0 Å². The van der Waals surface area contributed by atoms with E-state index in [0.29, 0.717) is 19.5 Å². The smallest absolute Gasteiger partial charge is 0.315 e. The average molecular weight is 339 g/mol. The molecule has 0 radical (unpaired) electrons. The van der Waals surface area contributed by atoms with E-state index in [0.717, 1.165) is 17.0 Å². The van der Waals surface area contributed by atoms with Crippen molar-refractivity contribution in [2.24, 2.45) is 0 Å². The Balaban J connectivity index is 1.49. The molecule has 2 aromatic carbocycles. The van der Waals surface area contributed by atoms with Gasteiger partial charge in [0.2, 0.25) is 5.91 Å². The fraction of sp³-hybridized carbons (Fsp3) is 0.263. The molecule has 25 heavy (non-hydrogen) atoms. The van der Waals surface area contributed by atoms with E-state index in [1.54, 1.807) is 12.0 Å². The zero-order chi connectivity index (χ0) is 17.6. The summed E-state index contributed by atoms with van der Waals surface area (Å²) in [5.74, 6) is 0.797. The maximum absolute atomic E-state index is 12.1. The van der Waals surface area contributed by atoms with E-state index >= 15 is 0 Å². The minimum Gasteiger partial charge on any atom is -0.497 e. The van der Waals surface area contributed by atoms with Crippen molar-refractivity contribution in [2.75, 3.05) is 18.6 Å². The zero-order valence-corrected chi connectivity index (χ0v) is 14.1. The Morgan fingerprint density at radius 3 is 2.56 bits per heavy atom. The number of anilines is 1. The molecule has 2 aromatic rings. The van der Waals surface area contributed by atoms with Crippen molar-refractivity contribution in [2.45, 2.75) is 19.0 Å². The second-order valence-corrected chi connectivity index (χ2v) is 5.92. The van der Waals surface area contributed by atoms with Gasteiger partial charge in [0.05, 0.1) is 13.2 Å². The van der Waals surface area contributed by atoms with Crippen LogP contribution in [0.2, 0.25) is 0 Å². The summed E-state index contributed by atoms with van der Waals surface area (Å²) in [5.41, 5.74) is 1.83. The summed E-state index contributed by atoms with van der Waals surface area (Å²) in [5, 5.41) is 5.68. The Hall–Kier alpha value is -3.02. The Bertz CT molecular complexity index is 731. The number of urea groups is 1. The molecule has 1 aliphatic rings. The summed E-state index contributed by atoms with van der Waals surface area (Å²) in [7, 11) is 1.61. The van der Waals surface area contributed by atoms with Gasteiger partial charge in [0, 0.05) is 25.2 Å². The number of nitrogens with one attached hydrogen (secondary N) is 2. The first kappa shape index (κ1) is 16.8. The van der Waals surface area contributed by atoms with Crippen LogP contribution in [0.5, 0.6) is 5.75 Å². The molecule has 1 fully saturated rings. The van der Waals surface area contributed by atoms with Gasteiger partial charge < -0.3 is 20.3 Å². The topological polar surface area (TPSA) is 70.7 Å². The third-order valence-electron chi connectivity index (χ3n) is 4.14. The maximum Gasteiger partial charge on any atom is 0.315 e. The Morgan fingerprint density at radius 2 is 1.88 bits per heavy atom. The minimum atomic E-state index is -0.275. The van der Waals surface area contributed by atoms with Crippen LogP contribution >= 0.6 is 0 Å². The molecule has 1 atom stereocenters. The van der Waals surface area contributed by atoms with E-state index in [-0.39, 0.29) is 18.0 Å². The molecule has 0 bridgehead atoms. The van der Waals surface area contributed by atoms with Crippen LogP contribution in [0.15, 0.2) is 54.6 Å². The molecule has 2 N–H and O–H groups in total. The highest BCUT2D eigenvalue weighted by Crippen LogP contribution is 2.20. The Kier molecular flexibility index (Phi) is 5.18. The summed E-state index contributed by atoms with van der Waals surface area (Å²) in [6.07, 6.45) is 0.310. The summed E-state index contributed by atoms with van der Waals surface area (Å²) < 4.78 is 5.10. The van der Waals surface area contributed by atoms with Gasteiger partial charge in [-0.05, 0) is 29.8 Å². The van der Waals surface area contributed by atoms with Crippen molar-refractivity contribution in [1.29, 1.82) is 0 Å². The van der Waals surface area contributed by atoms with Crippen LogP contribution in [-0.4, -0.2) is 31.6 Å². The fourth-order valence-electron chi connectivity index (χ4n) is 2.82. The zero-order valence-electron chi connectivity index (χ0n) is 14.1. The lowest BCUT2D eigenvalue weighted by Crippen LogP contribution is -2.43. The van der Waals surface area contributed by atoms with Crippen LogP contribution in [0.4, 0.5) is 10.5 Å². The predicted molar refractivity (Wildman–Crippen MR) is 95.6 cm³/mol. The average Bonchev–Trinajstić information content (AvgIpc) is 3.01. The molecule has 0 spiro atoms. The third-order valence-corrected chi connectivity index (χ3v) is 4.14. The van der Waals surface area contributed by atoms with E-state index in [1.807, 2.05) is 54.6 Å². The number of benzene rings is 2. The molecule has 1 heterocycles. The van der Waals surface area contributed by atoms with E-state index in [4.69, 9.17) is 4.74 Å². The Labute approximate surface area is 146 Å². The van der Waals surface area contributed by atoms with Crippen molar-refractivity contribution in [1.82, 2.24) is 10.6 Å². The summed E-state index contributed by atoms with van der Waals surface area (Å²) in [4.78, 5) is 25.9. The maximum atomic E-state index is 12.1. The fourth-order valence-corrected chi connectivity index (χ4v) is 2.82. The number of amides is 3. The van der Waals surface area contributed by atoms with Gasteiger partial charge in [0.1, 0.15) is 5.75 Å². The number of methoxy groups -OCH3 is 1. The first-order chi connectivity index (χ1) is 12.2. The molecule has 1 saturated heterocycles. The number of ether oxygens (including phenoxy) is 1. The molecule has 6 nitrogen and oxygen atoms in total. The van der Waals surface area contributed by atoms with Crippen molar-refractivity contribution >= 4 is 17.6 Å². The lowest BCUT2D eigenvalue weighted by atomic mass is 10.2. The van der Waals surface area contributed by atoms with Crippen LogP contribution in [-0.2, 0) is 11.3 Å². The number of rotatable bonds is 5. The molecule has 0 aliphatic carbocycles. The van der Waals surface area contributed by atoms with Crippen LogP contribution in [0, 0.1) is 0 Å². The summed E-state index contributed by atoms with van der Waals surface area (Å²) >= 11 is 0. The highest BCUT2D eigenvalue weighted by molar-refractivity contribution is 5.96. The second kappa shape index (κ2) is 7.70. The SMILES string of the molecule is COc1ccc(CNC(=O)N[C@@H]2CC(=O)N(c3ccccc3)C2)cc1. The number of hydrogen-bond donors (Lipinski definition) is 2. The molecule has 130 valence electrons. The van der Waals surface area contributed by atoms with Gasteiger partial charge in [-0.3, -0.25) is 4.79 Å². The van der Waals surface area contributed by atoms with Gasteiger partial charge in [-0.25, -0.2) is 4.79 Å². The van der Waals surface area contributed by atoms with Gasteiger partial charge in [-0.15, -0.1) is 0 Å². The first-order valence-corrected chi connectivity index (χ1v) is 8.18. The van der Waals surface area contributed by atoms with Crippen molar-refractivity contribution in [3.05, 3.63) is 60.2 Å². The standard InChI is InChI=1S/C19H21N3O3/c1-25-17-9-7-14(8-10-17)12-20-19(24)21-15-11-18(23)22(13-15)16-5-3-2-4-6-16/h2-10,15H,11-13H2,1H3,(H2,20,21,24)/t15-/m1/s1. The van der Waals surface area contributed by atoms with E-state index in [2.05, 4.69) is 10.6 Å². The van der Waals surface area contributed by atoms with Crippen molar-refractivity contribution < 1.29 is 14.3 Å². The number of carbonyl (C=O) groups is 2. The molecule has 0 aromatic heterocycles.